The van der Waals surface area contributed by atoms with E-state index in [0.29, 0.717) is 13.0 Å². The van der Waals surface area contributed by atoms with Crippen molar-refractivity contribution < 1.29 is 17.5 Å². The molecule has 0 spiro atoms. The molecule has 1 heterocycles. The minimum Gasteiger partial charge on any atom is -0.377 e. The molecule has 0 amide bonds. The molecule has 21 heavy (non-hydrogen) atoms. The van der Waals surface area contributed by atoms with Crippen molar-refractivity contribution >= 4 is 10.0 Å². The zero-order valence-electron chi connectivity index (χ0n) is 12.5. The maximum Gasteiger partial charge on any atom is 0.243 e. The van der Waals surface area contributed by atoms with Gasteiger partial charge in [0.05, 0.1) is 17.0 Å². The number of ether oxygens (including phenoxy) is 1. The van der Waals surface area contributed by atoms with Crippen molar-refractivity contribution in [2.45, 2.75) is 43.9 Å². The third-order valence-electron chi connectivity index (χ3n) is 4.00. The summed E-state index contributed by atoms with van der Waals surface area (Å²) in [6.45, 7) is 3.89. The third kappa shape index (κ3) is 2.96. The number of aryl methyl sites for hydroxylation is 1. The van der Waals surface area contributed by atoms with Crippen molar-refractivity contribution in [2.75, 3.05) is 13.7 Å². The third-order valence-corrected chi connectivity index (χ3v) is 5.86. The molecule has 1 aliphatic rings. The molecule has 0 bridgehead atoms. The molecule has 1 aliphatic heterocycles. The number of nitrogens with zero attached hydrogens (tertiary/aromatic N) is 1. The molecule has 118 valence electrons. The first-order valence-electron chi connectivity index (χ1n) is 6.87. The lowest BCUT2D eigenvalue weighted by Gasteiger charge is -2.26. The Bertz CT molecular complexity index is 633. The lowest BCUT2D eigenvalue weighted by Crippen LogP contribution is -2.41. The number of halogens is 1. The van der Waals surface area contributed by atoms with Crippen molar-refractivity contribution in [2.24, 2.45) is 5.73 Å². The number of likely N-dealkylation sites (N-methyl/N-ethyl adjacent to an activating group) is 1. The summed E-state index contributed by atoms with van der Waals surface area (Å²) in [4.78, 5) is 0.0726. The Labute approximate surface area is 124 Å². The van der Waals surface area contributed by atoms with Crippen LogP contribution in [0.4, 0.5) is 4.39 Å². The van der Waals surface area contributed by atoms with Crippen molar-refractivity contribution in [1.82, 2.24) is 4.31 Å². The van der Waals surface area contributed by atoms with Gasteiger partial charge < -0.3 is 10.5 Å². The van der Waals surface area contributed by atoms with E-state index in [0.717, 1.165) is 0 Å². The molecule has 0 radical (unpaired) electrons. The number of sulfonamides is 1. The first-order valence-corrected chi connectivity index (χ1v) is 8.31. The molecular weight excluding hydrogens is 295 g/mol. The van der Waals surface area contributed by atoms with Crippen LogP contribution >= 0.6 is 0 Å². The van der Waals surface area contributed by atoms with Gasteiger partial charge in [0.15, 0.2) is 0 Å². The van der Waals surface area contributed by atoms with Gasteiger partial charge in [-0.25, -0.2) is 12.8 Å². The van der Waals surface area contributed by atoms with Gasteiger partial charge in [-0.05, 0) is 38.0 Å². The predicted octanol–water partition coefficient (Wildman–Crippen LogP) is 1.39. The molecule has 2 atom stereocenters. The highest BCUT2D eigenvalue weighted by atomic mass is 32.2. The number of nitrogens with two attached hydrogens (primary N) is 1. The van der Waals surface area contributed by atoms with E-state index in [1.807, 2.05) is 6.92 Å². The van der Waals surface area contributed by atoms with Crippen LogP contribution in [0.25, 0.3) is 0 Å². The van der Waals surface area contributed by atoms with E-state index in [-0.39, 0.29) is 34.7 Å². The van der Waals surface area contributed by atoms with Gasteiger partial charge in [0.1, 0.15) is 5.82 Å². The van der Waals surface area contributed by atoms with Gasteiger partial charge in [-0.2, -0.15) is 4.31 Å². The Morgan fingerprint density at radius 2 is 2.14 bits per heavy atom. The van der Waals surface area contributed by atoms with Gasteiger partial charge in [0.2, 0.25) is 10.0 Å². The normalized spacial score (nSPS) is 23.0. The van der Waals surface area contributed by atoms with E-state index < -0.39 is 15.8 Å². The highest BCUT2D eigenvalue weighted by Crippen LogP contribution is 2.27. The Morgan fingerprint density at radius 1 is 1.48 bits per heavy atom. The second-order valence-corrected chi connectivity index (χ2v) is 7.37. The summed E-state index contributed by atoms with van der Waals surface area (Å²) in [7, 11) is -2.16. The van der Waals surface area contributed by atoms with Gasteiger partial charge in [-0.3, -0.25) is 0 Å². The van der Waals surface area contributed by atoms with Crippen molar-refractivity contribution in [3.8, 4) is 0 Å². The fourth-order valence-electron chi connectivity index (χ4n) is 2.65. The van der Waals surface area contributed by atoms with Crippen LogP contribution in [0.3, 0.4) is 0 Å². The fourth-order valence-corrected chi connectivity index (χ4v) is 4.23. The Hall–Kier alpha value is -1.02. The molecule has 2 N–H and O–H groups in total. The molecule has 0 aromatic heterocycles. The summed E-state index contributed by atoms with van der Waals surface area (Å²) in [5, 5.41) is 0. The minimum atomic E-state index is -3.70. The average Bonchev–Trinajstić information content (AvgIpc) is 2.86. The Morgan fingerprint density at radius 3 is 2.67 bits per heavy atom. The molecule has 1 fully saturated rings. The van der Waals surface area contributed by atoms with Gasteiger partial charge in [-0.15, -0.1) is 0 Å². The summed E-state index contributed by atoms with van der Waals surface area (Å²) in [6, 6.07) is 2.46. The van der Waals surface area contributed by atoms with Gasteiger partial charge in [0.25, 0.3) is 0 Å². The molecule has 5 nitrogen and oxygen atoms in total. The minimum absolute atomic E-state index is 0.0390. The van der Waals surface area contributed by atoms with E-state index in [4.69, 9.17) is 10.5 Å². The van der Waals surface area contributed by atoms with E-state index in [2.05, 4.69) is 0 Å². The van der Waals surface area contributed by atoms with E-state index in [1.165, 1.54) is 30.4 Å². The second-order valence-electron chi connectivity index (χ2n) is 5.37. The molecular formula is C14H21FN2O3S. The summed E-state index contributed by atoms with van der Waals surface area (Å²) in [5.74, 6) is -0.448. The van der Waals surface area contributed by atoms with Crippen molar-refractivity contribution in [3.05, 3.63) is 29.1 Å². The fraction of sp³-hybridized carbons (Fsp3) is 0.571. The lowest BCUT2D eigenvalue weighted by molar-refractivity contribution is 0.102. The van der Waals surface area contributed by atoms with Crippen LogP contribution in [0.1, 0.15) is 24.5 Å². The van der Waals surface area contributed by atoms with Gasteiger partial charge >= 0.3 is 0 Å². The molecule has 1 aromatic carbocycles. The standard InChI is InChI=1S/C14H21FN2O3S/c1-9-6-12(7-11(8-16)14(9)15)21(18,19)17(3)13-4-5-20-10(13)2/h6-7,10,13H,4-5,8,16H2,1-3H3. The number of hydrogen-bond acceptors (Lipinski definition) is 4. The second kappa shape index (κ2) is 6.00. The molecule has 2 rings (SSSR count). The quantitative estimate of drug-likeness (QED) is 0.911. The monoisotopic (exact) mass is 316 g/mol. The van der Waals surface area contributed by atoms with E-state index >= 15 is 0 Å². The van der Waals surface area contributed by atoms with Crippen LogP contribution in [-0.2, 0) is 21.3 Å². The number of hydrogen-bond donors (Lipinski definition) is 1. The predicted molar refractivity (Wildman–Crippen MR) is 77.8 cm³/mol. The van der Waals surface area contributed by atoms with Crippen LogP contribution in [0.5, 0.6) is 0 Å². The Kier molecular flexibility index (Phi) is 4.67. The van der Waals surface area contributed by atoms with Crippen LogP contribution in [0.2, 0.25) is 0 Å². The topological polar surface area (TPSA) is 72.6 Å². The summed E-state index contributed by atoms with van der Waals surface area (Å²) in [6.07, 6.45) is 0.501. The van der Waals surface area contributed by atoms with E-state index in [9.17, 15) is 12.8 Å². The highest BCUT2D eigenvalue weighted by Gasteiger charge is 2.35. The van der Waals surface area contributed by atoms with Crippen LogP contribution in [0.15, 0.2) is 17.0 Å². The van der Waals surface area contributed by atoms with Crippen molar-refractivity contribution in [3.63, 3.8) is 0 Å². The maximum atomic E-state index is 13.8. The molecule has 1 aromatic rings. The number of benzene rings is 1. The molecule has 2 unspecified atom stereocenters. The van der Waals surface area contributed by atoms with Gasteiger partial charge in [0, 0.05) is 25.8 Å². The van der Waals surface area contributed by atoms with Crippen LogP contribution < -0.4 is 5.73 Å². The van der Waals surface area contributed by atoms with Crippen LogP contribution in [0, 0.1) is 12.7 Å². The Balaban J connectivity index is 2.42. The summed E-state index contributed by atoms with van der Waals surface area (Å²) in [5.41, 5.74) is 5.97. The summed E-state index contributed by atoms with van der Waals surface area (Å²) >= 11 is 0. The highest BCUT2D eigenvalue weighted by molar-refractivity contribution is 7.89. The SMILES string of the molecule is Cc1cc(S(=O)(=O)N(C)C2CCOC2C)cc(CN)c1F. The number of rotatable bonds is 4. The first kappa shape index (κ1) is 16.4. The maximum absolute atomic E-state index is 13.8. The van der Waals surface area contributed by atoms with Crippen LogP contribution in [-0.4, -0.2) is 38.5 Å². The molecule has 7 heteroatoms. The first-order chi connectivity index (χ1) is 9.78. The zero-order chi connectivity index (χ0) is 15.8. The zero-order valence-corrected chi connectivity index (χ0v) is 13.3. The summed E-state index contributed by atoms with van der Waals surface area (Å²) < 4.78 is 46.0. The smallest absolute Gasteiger partial charge is 0.243 e. The lowest BCUT2D eigenvalue weighted by atomic mass is 10.1. The van der Waals surface area contributed by atoms with Crippen molar-refractivity contribution in [1.29, 1.82) is 0 Å². The molecule has 1 saturated heterocycles. The molecule has 0 aliphatic carbocycles. The largest absolute Gasteiger partial charge is 0.377 e. The molecule has 0 saturated carbocycles. The van der Waals surface area contributed by atoms with Gasteiger partial charge in [-0.1, -0.05) is 0 Å². The van der Waals surface area contributed by atoms with E-state index in [1.54, 1.807) is 0 Å². The average molecular weight is 316 g/mol.